The molecule has 1 heterocycles. The monoisotopic (exact) mass is 416 g/mol. The first-order valence-electron chi connectivity index (χ1n) is 8.99. The summed E-state index contributed by atoms with van der Waals surface area (Å²) < 4.78 is 40.9. The number of anilines is 1. The van der Waals surface area contributed by atoms with Crippen molar-refractivity contribution >= 4 is 21.5 Å². The van der Waals surface area contributed by atoms with Crippen LogP contribution in [0.25, 0.3) is 0 Å². The molecule has 1 unspecified atom stereocenters. The zero-order chi connectivity index (χ0) is 21.0. The number of benzene rings is 2. The van der Waals surface area contributed by atoms with Gasteiger partial charge in [-0.05, 0) is 43.3 Å². The lowest BCUT2D eigenvalue weighted by molar-refractivity contribution is 0.103. The molecule has 8 heteroatoms. The van der Waals surface area contributed by atoms with Gasteiger partial charge in [0, 0.05) is 5.69 Å². The average Bonchev–Trinajstić information content (AvgIpc) is 3.20. The Bertz CT molecular complexity index is 1100. The molecule has 6 nitrogen and oxygen atoms in total. The predicted octanol–water partition coefficient (Wildman–Crippen LogP) is 3.10. The molecule has 0 bridgehead atoms. The van der Waals surface area contributed by atoms with Crippen LogP contribution in [-0.2, 0) is 16.6 Å². The van der Waals surface area contributed by atoms with E-state index in [0.717, 1.165) is 0 Å². The van der Waals surface area contributed by atoms with E-state index in [9.17, 15) is 22.7 Å². The van der Waals surface area contributed by atoms with Crippen molar-refractivity contribution in [2.75, 3.05) is 10.9 Å². The molecular weight excluding hydrogens is 395 g/mol. The summed E-state index contributed by atoms with van der Waals surface area (Å²) in [5.41, 5.74) is 0.986. The van der Waals surface area contributed by atoms with Crippen LogP contribution >= 0.6 is 0 Å². The van der Waals surface area contributed by atoms with Gasteiger partial charge in [0.15, 0.2) is 0 Å². The van der Waals surface area contributed by atoms with Crippen molar-refractivity contribution in [3.63, 3.8) is 0 Å². The van der Waals surface area contributed by atoms with Crippen molar-refractivity contribution < 1.29 is 22.7 Å². The number of ketones is 1. The fourth-order valence-electron chi connectivity index (χ4n) is 2.84. The SMILES string of the molecule is CC(CO)S(=O)(=O)N(Cc1ccc(C(=O)c2ccccc2F)[nH]1)c1ccccc1. The molecule has 29 heavy (non-hydrogen) atoms. The Morgan fingerprint density at radius 3 is 2.38 bits per heavy atom. The Kier molecular flexibility index (Phi) is 6.14. The van der Waals surface area contributed by atoms with Gasteiger partial charge in [-0.3, -0.25) is 9.10 Å². The van der Waals surface area contributed by atoms with Crippen molar-refractivity contribution in [1.29, 1.82) is 0 Å². The second-order valence-electron chi connectivity index (χ2n) is 6.59. The van der Waals surface area contributed by atoms with Gasteiger partial charge < -0.3 is 10.1 Å². The molecule has 1 atom stereocenters. The maximum absolute atomic E-state index is 13.9. The lowest BCUT2D eigenvalue weighted by Crippen LogP contribution is -2.39. The number of aliphatic hydroxyl groups excluding tert-OH is 1. The van der Waals surface area contributed by atoms with Gasteiger partial charge in [-0.2, -0.15) is 0 Å². The number of para-hydroxylation sites is 1. The Morgan fingerprint density at radius 2 is 1.72 bits per heavy atom. The number of aromatic nitrogens is 1. The fourth-order valence-corrected chi connectivity index (χ4v) is 4.20. The summed E-state index contributed by atoms with van der Waals surface area (Å²) >= 11 is 0. The molecule has 0 fully saturated rings. The van der Waals surface area contributed by atoms with Crippen LogP contribution in [0.2, 0.25) is 0 Å². The van der Waals surface area contributed by atoms with Crippen LogP contribution in [0.3, 0.4) is 0 Å². The van der Waals surface area contributed by atoms with Gasteiger partial charge >= 0.3 is 0 Å². The summed E-state index contributed by atoms with van der Waals surface area (Å²) in [6.45, 7) is 0.835. The smallest absolute Gasteiger partial charge is 0.240 e. The van der Waals surface area contributed by atoms with E-state index >= 15 is 0 Å². The Balaban J connectivity index is 1.92. The summed E-state index contributed by atoms with van der Waals surface area (Å²) in [5.74, 6) is -1.15. The molecular formula is C21H21FN2O4S. The average molecular weight is 416 g/mol. The predicted molar refractivity (Wildman–Crippen MR) is 109 cm³/mol. The summed E-state index contributed by atoms with van der Waals surface area (Å²) in [4.78, 5) is 15.4. The molecule has 2 aromatic carbocycles. The van der Waals surface area contributed by atoms with E-state index in [1.54, 1.807) is 42.5 Å². The third-order valence-electron chi connectivity index (χ3n) is 4.54. The summed E-state index contributed by atoms with van der Waals surface area (Å²) in [7, 11) is -3.85. The van der Waals surface area contributed by atoms with Gasteiger partial charge in [-0.1, -0.05) is 30.3 Å². The third-order valence-corrected chi connectivity index (χ3v) is 6.66. The lowest BCUT2D eigenvalue weighted by Gasteiger charge is -2.26. The molecule has 3 rings (SSSR count). The Morgan fingerprint density at radius 1 is 1.07 bits per heavy atom. The largest absolute Gasteiger partial charge is 0.395 e. The fraction of sp³-hybridized carbons (Fsp3) is 0.190. The molecule has 0 amide bonds. The normalized spacial score (nSPS) is 12.5. The van der Waals surface area contributed by atoms with Gasteiger partial charge in [-0.15, -0.1) is 0 Å². The van der Waals surface area contributed by atoms with Crippen molar-refractivity contribution in [2.45, 2.75) is 18.7 Å². The zero-order valence-corrected chi connectivity index (χ0v) is 16.6. The number of hydrogen-bond donors (Lipinski definition) is 2. The van der Waals surface area contributed by atoms with Crippen LogP contribution in [0.15, 0.2) is 66.7 Å². The highest BCUT2D eigenvalue weighted by Gasteiger charge is 2.29. The number of nitrogens with zero attached hydrogens (tertiary/aromatic N) is 1. The van der Waals surface area contributed by atoms with Crippen LogP contribution < -0.4 is 4.31 Å². The molecule has 0 spiro atoms. The van der Waals surface area contributed by atoms with Gasteiger partial charge in [-0.25, -0.2) is 12.8 Å². The third kappa shape index (κ3) is 4.38. The standard InChI is InChI=1S/C21H21FN2O4S/c1-15(14-25)29(27,28)24(17-7-3-2-4-8-17)13-16-11-12-20(23-16)21(26)18-9-5-6-10-19(18)22/h2-12,15,23,25H,13-14H2,1H3. The Labute approximate surface area is 168 Å². The number of aromatic amines is 1. The molecule has 1 aromatic heterocycles. The van der Waals surface area contributed by atoms with Crippen molar-refractivity contribution in [1.82, 2.24) is 4.98 Å². The summed E-state index contributed by atoms with van der Waals surface area (Å²) in [6, 6.07) is 17.2. The van der Waals surface area contributed by atoms with Gasteiger partial charge in [0.25, 0.3) is 0 Å². The van der Waals surface area contributed by atoms with E-state index in [2.05, 4.69) is 4.98 Å². The van der Waals surface area contributed by atoms with E-state index in [1.165, 1.54) is 35.5 Å². The van der Waals surface area contributed by atoms with E-state index < -0.39 is 33.5 Å². The second-order valence-corrected chi connectivity index (χ2v) is 8.86. The number of halogens is 1. The highest BCUT2D eigenvalue weighted by molar-refractivity contribution is 7.93. The highest BCUT2D eigenvalue weighted by atomic mass is 32.2. The quantitative estimate of drug-likeness (QED) is 0.552. The van der Waals surface area contributed by atoms with Crippen LogP contribution in [0.4, 0.5) is 10.1 Å². The maximum atomic E-state index is 13.9. The van der Waals surface area contributed by atoms with Crippen molar-refractivity contribution in [3.05, 3.63) is 89.5 Å². The number of nitrogens with one attached hydrogen (secondary N) is 1. The van der Waals surface area contributed by atoms with E-state index in [-0.39, 0.29) is 17.8 Å². The minimum absolute atomic E-state index is 0.0673. The molecule has 2 N–H and O–H groups in total. The zero-order valence-electron chi connectivity index (χ0n) is 15.7. The first-order chi connectivity index (χ1) is 13.8. The molecule has 0 aliphatic rings. The number of carbonyl (C=O) groups is 1. The summed E-state index contributed by atoms with van der Waals surface area (Å²) in [5, 5.41) is 8.36. The molecule has 0 saturated carbocycles. The van der Waals surface area contributed by atoms with Crippen molar-refractivity contribution in [2.24, 2.45) is 0 Å². The van der Waals surface area contributed by atoms with Crippen LogP contribution in [0.5, 0.6) is 0 Å². The number of H-pyrrole nitrogens is 1. The minimum atomic E-state index is -3.85. The summed E-state index contributed by atoms with van der Waals surface area (Å²) in [6.07, 6.45) is 0. The molecule has 3 aromatic rings. The van der Waals surface area contributed by atoms with Gasteiger partial charge in [0.1, 0.15) is 11.1 Å². The van der Waals surface area contributed by atoms with Crippen LogP contribution in [0.1, 0.15) is 28.7 Å². The van der Waals surface area contributed by atoms with Crippen LogP contribution in [-0.4, -0.2) is 36.1 Å². The van der Waals surface area contributed by atoms with Crippen molar-refractivity contribution in [3.8, 4) is 0 Å². The number of sulfonamides is 1. The maximum Gasteiger partial charge on any atom is 0.240 e. The number of aliphatic hydroxyl groups is 1. The highest BCUT2D eigenvalue weighted by Crippen LogP contribution is 2.23. The lowest BCUT2D eigenvalue weighted by atomic mass is 10.1. The van der Waals surface area contributed by atoms with E-state index in [4.69, 9.17) is 0 Å². The van der Waals surface area contributed by atoms with Gasteiger partial charge in [0.05, 0.1) is 30.1 Å². The van der Waals surface area contributed by atoms with Gasteiger partial charge in [0.2, 0.25) is 15.8 Å². The number of carbonyl (C=O) groups excluding carboxylic acids is 1. The Hall–Kier alpha value is -2.97. The molecule has 0 aliphatic heterocycles. The van der Waals surface area contributed by atoms with E-state index in [1.807, 2.05) is 0 Å². The second kappa shape index (κ2) is 8.59. The minimum Gasteiger partial charge on any atom is -0.395 e. The number of rotatable bonds is 8. The first kappa shape index (κ1) is 20.8. The molecule has 0 saturated heterocycles. The molecule has 0 aliphatic carbocycles. The topological polar surface area (TPSA) is 90.5 Å². The van der Waals surface area contributed by atoms with Crippen LogP contribution in [0, 0.1) is 5.82 Å². The van der Waals surface area contributed by atoms with E-state index in [0.29, 0.717) is 11.4 Å². The first-order valence-corrected chi connectivity index (χ1v) is 10.5. The molecule has 0 radical (unpaired) electrons. The number of hydrogen-bond acceptors (Lipinski definition) is 4. The molecule has 152 valence electrons.